The minimum absolute atomic E-state index is 0.962. The van der Waals surface area contributed by atoms with Gasteiger partial charge >= 0.3 is 0 Å². The standard InChI is InChI=1S/C21H24N4/c1-24(2)14-8-3-9-15-25-19-13-7-4-10-16(19)20-21(25)23-18-12-6-5-11-17(18)22-20/h4-7,10-13H,3,8-9,14-15H2,1-2H3. The molecule has 0 saturated carbocycles. The molecule has 0 unspecified atom stereocenters. The van der Waals surface area contributed by atoms with Crippen molar-refractivity contribution in [3.63, 3.8) is 0 Å². The predicted octanol–water partition coefficient (Wildman–Crippen LogP) is 4.47. The summed E-state index contributed by atoms with van der Waals surface area (Å²) in [5.74, 6) is 0. The molecule has 128 valence electrons. The van der Waals surface area contributed by atoms with Gasteiger partial charge in [-0.25, -0.2) is 9.97 Å². The SMILES string of the molecule is CN(C)CCCCCn1c2ccccc2c2nc3ccccc3nc21. The van der Waals surface area contributed by atoms with E-state index in [1.807, 2.05) is 24.3 Å². The van der Waals surface area contributed by atoms with Crippen molar-refractivity contribution in [1.82, 2.24) is 19.4 Å². The summed E-state index contributed by atoms with van der Waals surface area (Å²) in [7, 11) is 4.27. The highest BCUT2D eigenvalue weighted by atomic mass is 15.1. The Hall–Kier alpha value is -2.46. The van der Waals surface area contributed by atoms with Gasteiger partial charge in [0.1, 0.15) is 5.52 Å². The van der Waals surface area contributed by atoms with Gasteiger partial charge in [-0.2, -0.15) is 0 Å². The van der Waals surface area contributed by atoms with Crippen molar-refractivity contribution in [3.8, 4) is 0 Å². The highest BCUT2D eigenvalue weighted by Crippen LogP contribution is 2.28. The second-order valence-electron chi connectivity index (χ2n) is 6.92. The van der Waals surface area contributed by atoms with Crippen LogP contribution in [0.25, 0.3) is 33.1 Å². The molecule has 0 N–H and O–H groups in total. The normalized spacial score (nSPS) is 12.0. The van der Waals surface area contributed by atoms with E-state index >= 15 is 0 Å². The van der Waals surface area contributed by atoms with Crippen LogP contribution in [0, 0.1) is 0 Å². The third kappa shape index (κ3) is 3.10. The largest absolute Gasteiger partial charge is 0.324 e. The fraction of sp³-hybridized carbons (Fsp3) is 0.333. The molecule has 0 fully saturated rings. The number of benzene rings is 2. The van der Waals surface area contributed by atoms with E-state index in [2.05, 4.69) is 47.8 Å². The van der Waals surface area contributed by atoms with Gasteiger partial charge in [-0.05, 0) is 51.7 Å². The van der Waals surface area contributed by atoms with Gasteiger partial charge in [0.2, 0.25) is 0 Å². The van der Waals surface area contributed by atoms with Crippen molar-refractivity contribution in [3.05, 3.63) is 48.5 Å². The Balaban J connectivity index is 1.74. The Morgan fingerprint density at radius 2 is 1.56 bits per heavy atom. The summed E-state index contributed by atoms with van der Waals surface area (Å²) < 4.78 is 2.35. The van der Waals surface area contributed by atoms with Gasteiger partial charge in [0, 0.05) is 11.9 Å². The summed E-state index contributed by atoms with van der Waals surface area (Å²) in [6.07, 6.45) is 3.63. The first kappa shape index (κ1) is 16.0. The first-order valence-electron chi connectivity index (χ1n) is 9.02. The molecule has 0 aliphatic carbocycles. The van der Waals surface area contributed by atoms with Crippen LogP contribution in [0.3, 0.4) is 0 Å². The fourth-order valence-electron chi connectivity index (χ4n) is 3.48. The zero-order valence-electron chi connectivity index (χ0n) is 14.9. The van der Waals surface area contributed by atoms with E-state index in [9.17, 15) is 0 Å². The van der Waals surface area contributed by atoms with Gasteiger partial charge in [0.05, 0.1) is 16.6 Å². The van der Waals surface area contributed by atoms with Crippen LogP contribution in [-0.4, -0.2) is 40.1 Å². The van der Waals surface area contributed by atoms with E-state index in [4.69, 9.17) is 9.97 Å². The summed E-state index contributed by atoms with van der Waals surface area (Å²) in [5, 5.41) is 1.20. The lowest BCUT2D eigenvalue weighted by molar-refractivity contribution is 0.389. The van der Waals surface area contributed by atoms with E-state index in [-0.39, 0.29) is 0 Å². The Morgan fingerprint density at radius 1 is 0.840 bits per heavy atom. The first-order chi connectivity index (χ1) is 12.2. The van der Waals surface area contributed by atoms with E-state index in [1.54, 1.807) is 0 Å². The molecule has 2 aromatic heterocycles. The summed E-state index contributed by atoms with van der Waals surface area (Å²) in [6, 6.07) is 16.6. The lowest BCUT2D eigenvalue weighted by Gasteiger charge is -2.10. The number of rotatable bonds is 6. The molecule has 0 aliphatic rings. The molecular weight excluding hydrogens is 308 g/mol. The maximum absolute atomic E-state index is 4.93. The van der Waals surface area contributed by atoms with Gasteiger partial charge in [0.25, 0.3) is 0 Å². The Kier molecular flexibility index (Phi) is 4.36. The molecule has 0 bridgehead atoms. The maximum atomic E-state index is 4.93. The lowest BCUT2D eigenvalue weighted by atomic mass is 10.2. The second-order valence-corrected chi connectivity index (χ2v) is 6.92. The monoisotopic (exact) mass is 332 g/mol. The summed E-state index contributed by atoms with van der Waals surface area (Å²) in [5.41, 5.74) is 5.19. The third-order valence-electron chi connectivity index (χ3n) is 4.74. The number of aromatic nitrogens is 3. The average Bonchev–Trinajstić information content (AvgIpc) is 2.93. The quantitative estimate of drug-likeness (QED) is 0.489. The molecule has 2 aromatic carbocycles. The van der Waals surface area contributed by atoms with E-state index in [1.165, 1.54) is 23.7 Å². The van der Waals surface area contributed by atoms with Gasteiger partial charge in [-0.1, -0.05) is 36.8 Å². The van der Waals surface area contributed by atoms with Crippen LogP contribution in [0.15, 0.2) is 48.5 Å². The van der Waals surface area contributed by atoms with Crippen LogP contribution < -0.4 is 0 Å². The van der Waals surface area contributed by atoms with E-state index in [0.717, 1.165) is 41.7 Å². The van der Waals surface area contributed by atoms with Gasteiger partial charge in [0.15, 0.2) is 5.65 Å². The molecule has 4 aromatic rings. The summed E-state index contributed by atoms with van der Waals surface area (Å²) in [4.78, 5) is 12.1. The Labute approximate surface area is 148 Å². The van der Waals surface area contributed by atoms with Crippen molar-refractivity contribution in [2.75, 3.05) is 20.6 Å². The highest BCUT2D eigenvalue weighted by Gasteiger charge is 2.13. The number of hydrogen-bond donors (Lipinski definition) is 0. The molecule has 4 heteroatoms. The number of hydrogen-bond acceptors (Lipinski definition) is 3. The fourth-order valence-corrected chi connectivity index (χ4v) is 3.48. The van der Waals surface area contributed by atoms with Crippen LogP contribution in [-0.2, 0) is 6.54 Å². The van der Waals surface area contributed by atoms with Crippen LogP contribution in [0.4, 0.5) is 0 Å². The average molecular weight is 332 g/mol. The number of fused-ring (bicyclic) bond motifs is 4. The van der Waals surface area contributed by atoms with Gasteiger partial charge in [-0.15, -0.1) is 0 Å². The van der Waals surface area contributed by atoms with E-state index < -0.39 is 0 Å². The molecule has 0 saturated heterocycles. The third-order valence-corrected chi connectivity index (χ3v) is 4.74. The molecule has 0 radical (unpaired) electrons. The van der Waals surface area contributed by atoms with Crippen molar-refractivity contribution in [1.29, 1.82) is 0 Å². The number of nitrogens with zero attached hydrogens (tertiary/aromatic N) is 4. The van der Waals surface area contributed by atoms with Gasteiger partial charge < -0.3 is 9.47 Å². The number of para-hydroxylation sites is 3. The molecular formula is C21H24N4. The van der Waals surface area contributed by atoms with Crippen molar-refractivity contribution in [2.45, 2.75) is 25.8 Å². The zero-order chi connectivity index (χ0) is 17.2. The van der Waals surface area contributed by atoms with Crippen molar-refractivity contribution < 1.29 is 0 Å². The molecule has 0 aliphatic heterocycles. The maximum Gasteiger partial charge on any atom is 0.160 e. The molecule has 4 nitrogen and oxygen atoms in total. The smallest absolute Gasteiger partial charge is 0.160 e. The Bertz CT molecular complexity index is 1020. The second kappa shape index (κ2) is 6.81. The topological polar surface area (TPSA) is 34.0 Å². The molecule has 25 heavy (non-hydrogen) atoms. The highest BCUT2D eigenvalue weighted by molar-refractivity contribution is 6.06. The minimum Gasteiger partial charge on any atom is -0.324 e. The Morgan fingerprint density at radius 3 is 2.36 bits per heavy atom. The molecule has 0 spiro atoms. The lowest BCUT2D eigenvalue weighted by Crippen LogP contribution is -2.12. The number of aryl methyl sites for hydroxylation is 1. The molecule has 4 rings (SSSR count). The first-order valence-corrected chi connectivity index (χ1v) is 9.02. The molecule has 2 heterocycles. The van der Waals surface area contributed by atoms with E-state index in [0.29, 0.717) is 0 Å². The predicted molar refractivity (Wildman–Crippen MR) is 105 cm³/mol. The van der Waals surface area contributed by atoms with Crippen LogP contribution in [0.5, 0.6) is 0 Å². The summed E-state index contributed by atoms with van der Waals surface area (Å²) >= 11 is 0. The zero-order valence-corrected chi connectivity index (χ0v) is 14.9. The van der Waals surface area contributed by atoms with Crippen LogP contribution in [0.1, 0.15) is 19.3 Å². The molecule has 0 atom stereocenters. The van der Waals surface area contributed by atoms with Gasteiger partial charge in [-0.3, -0.25) is 0 Å². The summed E-state index contributed by atoms with van der Waals surface area (Å²) in [6.45, 7) is 2.14. The minimum atomic E-state index is 0.962. The number of unbranched alkanes of at least 4 members (excludes halogenated alkanes) is 2. The molecule has 0 amide bonds. The van der Waals surface area contributed by atoms with Crippen LogP contribution >= 0.6 is 0 Å². The van der Waals surface area contributed by atoms with Crippen molar-refractivity contribution in [2.24, 2.45) is 0 Å². The van der Waals surface area contributed by atoms with Crippen molar-refractivity contribution >= 4 is 33.1 Å². The van der Waals surface area contributed by atoms with Crippen LogP contribution in [0.2, 0.25) is 0 Å².